The normalized spacial score (nSPS) is 24.8. The van der Waals surface area contributed by atoms with Crippen LogP contribution < -0.4 is 0 Å². The molecule has 0 spiro atoms. The van der Waals surface area contributed by atoms with Gasteiger partial charge in [0.05, 0.1) is 11.9 Å². The average molecular weight is 661 g/mol. The van der Waals surface area contributed by atoms with Gasteiger partial charge >= 0.3 is 0 Å². The summed E-state index contributed by atoms with van der Waals surface area (Å²) in [5.74, 6) is 2.64. The Labute approximate surface area is 277 Å². The van der Waals surface area contributed by atoms with E-state index in [-0.39, 0.29) is 32.0 Å². The van der Waals surface area contributed by atoms with E-state index in [0.717, 1.165) is 30.8 Å². The second-order valence-electron chi connectivity index (χ2n) is 19.0. The lowest BCUT2D eigenvalue weighted by atomic mass is 9.59. The minimum atomic E-state index is -2.17. The fourth-order valence-corrected chi connectivity index (χ4v) is 9.56. The molecule has 4 atom stereocenters. The van der Waals surface area contributed by atoms with E-state index in [2.05, 4.69) is 154 Å². The second kappa shape index (κ2) is 12.6. The molecule has 0 saturated heterocycles. The lowest BCUT2D eigenvalue weighted by Gasteiger charge is -2.53. The molecule has 0 aliphatic heterocycles. The molecule has 3 nitrogen and oxygen atoms in total. The molecule has 2 rings (SSSR count). The van der Waals surface area contributed by atoms with E-state index in [1.165, 1.54) is 12.0 Å². The molecule has 0 amide bonds. The smallest absolute Gasteiger partial charge is 0.250 e. The minimum Gasteiger partial charge on any atom is -0.546 e. The topological polar surface area (TPSA) is 27.7 Å². The molecule has 0 fully saturated rings. The largest absolute Gasteiger partial charge is 0.546 e. The summed E-state index contributed by atoms with van der Waals surface area (Å²) in [4.78, 5) is 0. The molecule has 254 valence electrons. The summed E-state index contributed by atoms with van der Waals surface area (Å²) in [7, 11) is -6.28. The molecule has 0 aromatic carbocycles. The van der Waals surface area contributed by atoms with Crippen molar-refractivity contribution in [2.24, 2.45) is 16.7 Å². The van der Waals surface area contributed by atoms with Gasteiger partial charge in [-0.15, -0.1) is 6.58 Å². The zero-order chi connectivity index (χ0) is 34.5. The van der Waals surface area contributed by atoms with E-state index in [9.17, 15) is 0 Å². The summed E-state index contributed by atoms with van der Waals surface area (Å²) < 4.78 is 22.0. The Hall–Kier alpha value is -0.829. The van der Waals surface area contributed by atoms with Crippen molar-refractivity contribution in [1.29, 1.82) is 0 Å². The minimum absolute atomic E-state index is 0.0193. The molecule has 6 heteroatoms. The molecular formula is C38H72O3Si3. The van der Waals surface area contributed by atoms with E-state index in [4.69, 9.17) is 13.3 Å². The lowest BCUT2D eigenvalue weighted by molar-refractivity contribution is 0.000530. The lowest BCUT2D eigenvalue weighted by Crippen LogP contribution is -2.54. The van der Waals surface area contributed by atoms with Crippen molar-refractivity contribution < 1.29 is 13.3 Å². The van der Waals surface area contributed by atoms with Crippen molar-refractivity contribution in [3.63, 3.8) is 0 Å². The summed E-state index contributed by atoms with van der Waals surface area (Å²) in [6.45, 7) is 49.2. The van der Waals surface area contributed by atoms with E-state index < -0.39 is 25.0 Å². The third kappa shape index (κ3) is 7.65. The molecule has 2 aliphatic rings. The van der Waals surface area contributed by atoms with Crippen LogP contribution in [0.5, 0.6) is 0 Å². The molecule has 0 aromatic rings. The quantitative estimate of drug-likeness (QED) is 0.125. The molecule has 0 saturated carbocycles. The fraction of sp³-hybridized carbons (Fsp3) is 0.789. The van der Waals surface area contributed by atoms with Crippen LogP contribution in [0, 0.1) is 16.7 Å². The first kappa shape index (κ1) is 39.3. The molecule has 0 heterocycles. The fourth-order valence-electron chi connectivity index (χ4n) is 5.92. The zero-order valence-corrected chi connectivity index (χ0v) is 35.6. The Morgan fingerprint density at radius 1 is 0.909 bits per heavy atom. The molecule has 0 bridgehead atoms. The van der Waals surface area contributed by atoms with E-state index in [1.807, 2.05) is 0 Å². The second-order valence-corrected chi connectivity index (χ2v) is 33.2. The number of rotatable bonds is 11. The van der Waals surface area contributed by atoms with Crippen molar-refractivity contribution in [3.8, 4) is 0 Å². The van der Waals surface area contributed by atoms with Gasteiger partial charge in [-0.1, -0.05) is 93.9 Å². The highest BCUT2D eigenvalue weighted by Gasteiger charge is 2.55. The monoisotopic (exact) mass is 660 g/mol. The summed E-state index contributed by atoms with van der Waals surface area (Å²) in [6, 6.07) is 0. The number of hydrogen-bond acceptors (Lipinski definition) is 3. The maximum atomic E-state index is 7.67. The Bertz CT molecular complexity index is 1150. The first-order valence-electron chi connectivity index (χ1n) is 17.3. The van der Waals surface area contributed by atoms with Crippen LogP contribution in [0.1, 0.15) is 116 Å². The van der Waals surface area contributed by atoms with Crippen LogP contribution in [-0.4, -0.2) is 31.1 Å². The van der Waals surface area contributed by atoms with Crippen LogP contribution in [0.2, 0.25) is 54.4 Å². The Kier molecular flexibility index (Phi) is 11.3. The third-order valence-electron chi connectivity index (χ3n) is 12.7. The number of hydrogen-bond donors (Lipinski definition) is 0. The van der Waals surface area contributed by atoms with Gasteiger partial charge in [0, 0.05) is 16.4 Å². The maximum absolute atomic E-state index is 7.67. The Balaban J connectivity index is 2.78. The SMILES string of the molecule is C=C[C@](C)(C[C@@H](O[Si](C)(C)C(C)(C)C)[C@@]1(C)C2=C(CC=C2O[Si](C)(C)C(C)(C)C)CCC1C)/C(=C\C)O[Si](C)(C)C(C)(C)C. The predicted octanol–water partition coefficient (Wildman–Crippen LogP) is 12.9. The highest BCUT2D eigenvalue weighted by molar-refractivity contribution is 6.75. The summed E-state index contributed by atoms with van der Waals surface area (Å²) in [5.41, 5.74) is 2.44. The first-order chi connectivity index (χ1) is 19.5. The van der Waals surface area contributed by atoms with Crippen molar-refractivity contribution >= 4 is 25.0 Å². The Morgan fingerprint density at radius 2 is 1.41 bits per heavy atom. The van der Waals surface area contributed by atoms with Gasteiger partial charge in [-0.25, -0.2) is 0 Å². The maximum Gasteiger partial charge on any atom is 0.250 e. The van der Waals surface area contributed by atoms with E-state index in [1.54, 1.807) is 5.57 Å². The van der Waals surface area contributed by atoms with Gasteiger partial charge in [-0.05, 0) is 106 Å². The van der Waals surface area contributed by atoms with Crippen LogP contribution in [0.4, 0.5) is 0 Å². The van der Waals surface area contributed by atoms with E-state index in [0.29, 0.717) is 5.92 Å². The van der Waals surface area contributed by atoms with Gasteiger partial charge in [0.25, 0.3) is 0 Å². The molecule has 0 N–H and O–H groups in total. The molecule has 44 heavy (non-hydrogen) atoms. The molecule has 1 unspecified atom stereocenters. The van der Waals surface area contributed by atoms with Crippen LogP contribution >= 0.6 is 0 Å². The van der Waals surface area contributed by atoms with Crippen LogP contribution in [-0.2, 0) is 13.3 Å². The van der Waals surface area contributed by atoms with E-state index >= 15 is 0 Å². The first-order valence-corrected chi connectivity index (χ1v) is 26.0. The molecular weight excluding hydrogens is 589 g/mol. The van der Waals surface area contributed by atoms with Crippen LogP contribution in [0.3, 0.4) is 0 Å². The van der Waals surface area contributed by atoms with Gasteiger partial charge in [0.1, 0.15) is 5.76 Å². The van der Waals surface area contributed by atoms with Crippen LogP contribution in [0.25, 0.3) is 0 Å². The molecule has 2 aliphatic carbocycles. The highest BCUT2D eigenvalue weighted by atomic mass is 28.4. The summed E-state index contributed by atoms with van der Waals surface area (Å²) in [5, 5.41) is 0.330. The van der Waals surface area contributed by atoms with Gasteiger partial charge in [0.2, 0.25) is 16.6 Å². The number of allylic oxidation sites excluding steroid dienone is 5. The van der Waals surface area contributed by atoms with Crippen molar-refractivity contribution in [3.05, 3.63) is 47.5 Å². The van der Waals surface area contributed by atoms with Gasteiger partial charge in [0.15, 0.2) is 8.32 Å². The van der Waals surface area contributed by atoms with Crippen molar-refractivity contribution in [1.82, 2.24) is 0 Å². The van der Waals surface area contributed by atoms with Gasteiger partial charge in [-0.3, -0.25) is 0 Å². The van der Waals surface area contributed by atoms with Gasteiger partial charge in [-0.2, -0.15) is 0 Å². The van der Waals surface area contributed by atoms with Crippen molar-refractivity contribution in [2.45, 2.75) is 176 Å². The third-order valence-corrected chi connectivity index (χ3v) is 25.9. The predicted molar refractivity (Wildman–Crippen MR) is 202 cm³/mol. The van der Waals surface area contributed by atoms with Gasteiger partial charge < -0.3 is 13.3 Å². The summed E-state index contributed by atoms with van der Waals surface area (Å²) >= 11 is 0. The Morgan fingerprint density at radius 3 is 1.84 bits per heavy atom. The highest BCUT2D eigenvalue weighted by Crippen LogP contribution is 2.59. The molecule has 0 aromatic heterocycles. The average Bonchev–Trinajstić information content (AvgIpc) is 3.25. The standard InChI is InChI=1S/C38H72O3Si3/c1-21-31(40-43(17,18)35(7,8)9)37(13,22-2)27-32(41-44(19,20)36(10,11)12)38(14)28(3)23-24-29-25-26-30(33(29)38)39-42(15,16)34(4,5)6/h21-22,26,28,32H,2,23-25,27H2,1,3-20H3/b31-21+/t28?,32-,37-,38+/m1/s1. The zero-order valence-electron chi connectivity index (χ0n) is 32.6. The molecule has 0 radical (unpaired) electrons. The van der Waals surface area contributed by atoms with Crippen molar-refractivity contribution in [2.75, 3.05) is 0 Å². The van der Waals surface area contributed by atoms with Crippen LogP contribution in [0.15, 0.2) is 47.5 Å². The summed E-state index contributed by atoms with van der Waals surface area (Å²) in [6.07, 6.45) is 10.9.